The SMILES string of the molecule is CC(=O)O.Cc1[nH]cnc1CNC(=O)Cc1ccc(OCCN)cc1. The Labute approximate surface area is 146 Å². The lowest BCUT2D eigenvalue weighted by Crippen LogP contribution is -2.25. The molecule has 5 N–H and O–H groups in total. The number of aromatic amines is 1. The molecule has 136 valence electrons. The third-order valence-corrected chi connectivity index (χ3v) is 3.06. The number of rotatable bonds is 7. The number of benzene rings is 1. The zero-order valence-electron chi connectivity index (χ0n) is 14.4. The van der Waals surface area contributed by atoms with E-state index < -0.39 is 5.97 Å². The Morgan fingerprint density at radius 2 is 1.96 bits per heavy atom. The van der Waals surface area contributed by atoms with Crippen molar-refractivity contribution in [2.45, 2.75) is 26.8 Å². The topological polar surface area (TPSA) is 130 Å². The molecule has 1 aromatic carbocycles. The van der Waals surface area contributed by atoms with Crippen molar-refractivity contribution in [1.29, 1.82) is 0 Å². The number of amides is 1. The maximum absolute atomic E-state index is 11.9. The summed E-state index contributed by atoms with van der Waals surface area (Å²) in [6, 6.07) is 7.45. The predicted octanol–water partition coefficient (Wildman–Crippen LogP) is 1.01. The van der Waals surface area contributed by atoms with Crippen molar-refractivity contribution >= 4 is 11.9 Å². The molecule has 0 fully saturated rings. The molecule has 0 atom stereocenters. The first-order valence-electron chi connectivity index (χ1n) is 7.79. The lowest BCUT2D eigenvalue weighted by atomic mass is 10.1. The van der Waals surface area contributed by atoms with Crippen molar-refractivity contribution in [3.63, 3.8) is 0 Å². The third kappa shape index (κ3) is 8.52. The third-order valence-electron chi connectivity index (χ3n) is 3.06. The van der Waals surface area contributed by atoms with Crippen molar-refractivity contribution in [2.24, 2.45) is 5.73 Å². The van der Waals surface area contributed by atoms with Crippen LogP contribution in [0.15, 0.2) is 30.6 Å². The second-order valence-electron chi connectivity index (χ2n) is 5.23. The van der Waals surface area contributed by atoms with Crippen molar-refractivity contribution < 1.29 is 19.4 Å². The molecule has 8 heteroatoms. The Morgan fingerprint density at radius 3 is 2.48 bits per heavy atom. The van der Waals surface area contributed by atoms with Gasteiger partial charge < -0.3 is 25.9 Å². The highest BCUT2D eigenvalue weighted by Gasteiger charge is 2.06. The summed E-state index contributed by atoms with van der Waals surface area (Å²) >= 11 is 0. The minimum Gasteiger partial charge on any atom is -0.492 e. The highest BCUT2D eigenvalue weighted by atomic mass is 16.5. The van der Waals surface area contributed by atoms with Gasteiger partial charge in [-0.25, -0.2) is 4.98 Å². The lowest BCUT2D eigenvalue weighted by Gasteiger charge is -2.07. The van der Waals surface area contributed by atoms with E-state index in [1.54, 1.807) is 6.33 Å². The fraction of sp³-hybridized carbons (Fsp3) is 0.353. The summed E-state index contributed by atoms with van der Waals surface area (Å²) in [5, 5.41) is 10.3. The predicted molar refractivity (Wildman–Crippen MR) is 93.2 cm³/mol. The van der Waals surface area contributed by atoms with Gasteiger partial charge in [-0.3, -0.25) is 9.59 Å². The van der Waals surface area contributed by atoms with E-state index in [0.717, 1.165) is 29.6 Å². The number of carboxylic acid groups (broad SMARTS) is 1. The number of hydrogen-bond acceptors (Lipinski definition) is 5. The molecular formula is C17H24N4O4. The van der Waals surface area contributed by atoms with Gasteiger partial charge in [0.1, 0.15) is 12.4 Å². The van der Waals surface area contributed by atoms with E-state index in [2.05, 4.69) is 15.3 Å². The molecule has 0 radical (unpaired) electrons. The first-order chi connectivity index (χ1) is 11.9. The van der Waals surface area contributed by atoms with E-state index >= 15 is 0 Å². The summed E-state index contributed by atoms with van der Waals surface area (Å²) in [5.74, 6) is -0.107. The number of aromatic nitrogens is 2. The molecule has 1 amide bonds. The summed E-state index contributed by atoms with van der Waals surface area (Å²) in [7, 11) is 0. The van der Waals surface area contributed by atoms with Crippen LogP contribution in [0.1, 0.15) is 23.9 Å². The van der Waals surface area contributed by atoms with E-state index in [-0.39, 0.29) is 5.91 Å². The summed E-state index contributed by atoms with van der Waals surface area (Å²) in [4.78, 5) is 28.0. The van der Waals surface area contributed by atoms with Gasteiger partial charge in [0.05, 0.1) is 25.0 Å². The highest BCUT2D eigenvalue weighted by Crippen LogP contribution is 2.12. The maximum Gasteiger partial charge on any atom is 0.300 e. The minimum absolute atomic E-state index is 0.0342. The average Bonchev–Trinajstić information content (AvgIpc) is 2.97. The van der Waals surface area contributed by atoms with Gasteiger partial charge in [0.15, 0.2) is 0 Å². The molecule has 25 heavy (non-hydrogen) atoms. The minimum atomic E-state index is -0.833. The molecule has 1 aromatic heterocycles. The van der Waals surface area contributed by atoms with Crippen LogP contribution in [0.3, 0.4) is 0 Å². The summed E-state index contributed by atoms with van der Waals surface area (Å²) in [5.41, 5.74) is 8.13. The number of carbonyl (C=O) groups is 2. The molecule has 0 unspecified atom stereocenters. The number of aliphatic carboxylic acids is 1. The van der Waals surface area contributed by atoms with Gasteiger partial charge in [-0.2, -0.15) is 0 Å². The van der Waals surface area contributed by atoms with Gasteiger partial charge >= 0.3 is 0 Å². The van der Waals surface area contributed by atoms with Crippen LogP contribution in [0.4, 0.5) is 0 Å². The molecule has 0 saturated carbocycles. The Balaban J connectivity index is 0.000000705. The van der Waals surface area contributed by atoms with Crippen LogP contribution in [0.2, 0.25) is 0 Å². The van der Waals surface area contributed by atoms with E-state index in [4.69, 9.17) is 20.4 Å². The van der Waals surface area contributed by atoms with Gasteiger partial charge in [-0.15, -0.1) is 0 Å². The largest absolute Gasteiger partial charge is 0.492 e. The lowest BCUT2D eigenvalue weighted by molar-refractivity contribution is -0.134. The molecular weight excluding hydrogens is 324 g/mol. The number of carboxylic acids is 1. The van der Waals surface area contributed by atoms with Crippen molar-refractivity contribution in [3.8, 4) is 5.75 Å². The molecule has 0 saturated heterocycles. The highest BCUT2D eigenvalue weighted by molar-refractivity contribution is 5.78. The number of carbonyl (C=O) groups excluding carboxylic acids is 1. The van der Waals surface area contributed by atoms with E-state index in [0.29, 0.717) is 26.1 Å². The number of imidazole rings is 1. The van der Waals surface area contributed by atoms with Crippen molar-refractivity contribution in [1.82, 2.24) is 15.3 Å². The van der Waals surface area contributed by atoms with Crippen molar-refractivity contribution in [2.75, 3.05) is 13.2 Å². The van der Waals surface area contributed by atoms with Gasteiger partial charge in [-0.1, -0.05) is 12.1 Å². The van der Waals surface area contributed by atoms with Crippen molar-refractivity contribution in [3.05, 3.63) is 47.5 Å². The van der Waals surface area contributed by atoms with Crippen LogP contribution in [-0.4, -0.2) is 40.1 Å². The first-order valence-corrected chi connectivity index (χ1v) is 7.79. The Bertz CT molecular complexity index is 664. The number of ether oxygens (including phenoxy) is 1. The zero-order valence-corrected chi connectivity index (χ0v) is 14.4. The zero-order chi connectivity index (χ0) is 18.7. The van der Waals surface area contributed by atoms with E-state index in [1.807, 2.05) is 31.2 Å². The number of nitrogens with two attached hydrogens (primary N) is 1. The molecule has 0 aliphatic heterocycles. The second-order valence-corrected chi connectivity index (χ2v) is 5.23. The van der Waals surface area contributed by atoms with Crippen LogP contribution in [0.5, 0.6) is 5.75 Å². The monoisotopic (exact) mass is 348 g/mol. The molecule has 2 aromatic rings. The summed E-state index contributed by atoms with van der Waals surface area (Å²) in [6.07, 6.45) is 1.96. The maximum atomic E-state index is 11.9. The molecule has 0 spiro atoms. The average molecular weight is 348 g/mol. The number of aryl methyl sites for hydroxylation is 1. The molecule has 2 rings (SSSR count). The van der Waals surface area contributed by atoms with Crippen LogP contribution < -0.4 is 15.8 Å². The normalized spacial score (nSPS) is 9.72. The fourth-order valence-electron chi connectivity index (χ4n) is 1.88. The fourth-order valence-corrected chi connectivity index (χ4v) is 1.88. The smallest absolute Gasteiger partial charge is 0.300 e. The van der Waals surface area contributed by atoms with Gasteiger partial charge in [0, 0.05) is 19.2 Å². The first kappa shape index (κ1) is 20.2. The number of H-pyrrole nitrogens is 1. The standard InChI is InChI=1S/C15H20N4O2.C2H4O2/c1-11-14(19-10-18-11)9-17-15(20)8-12-2-4-13(5-3-12)21-7-6-16;1-2(3)4/h2-5,10H,6-9,16H2,1H3,(H,17,20)(H,18,19);1H3,(H,3,4). The molecule has 0 aliphatic carbocycles. The quantitative estimate of drug-likeness (QED) is 0.591. The summed E-state index contributed by atoms with van der Waals surface area (Å²) < 4.78 is 5.39. The Kier molecular flexibility index (Phi) is 8.73. The number of hydrogen-bond donors (Lipinski definition) is 4. The molecule has 0 aliphatic rings. The van der Waals surface area contributed by atoms with Gasteiger partial charge in [0.2, 0.25) is 5.91 Å². The van der Waals surface area contributed by atoms with Gasteiger partial charge in [-0.05, 0) is 24.6 Å². The van der Waals surface area contributed by atoms with Gasteiger partial charge in [0.25, 0.3) is 5.97 Å². The number of nitrogens with zero attached hydrogens (tertiary/aromatic N) is 1. The van der Waals surface area contributed by atoms with Crippen LogP contribution in [-0.2, 0) is 22.6 Å². The van der Waals surface area contributed by atoms with Crippen LogP contribution in [0, 0.1) is 6.92 Å². The molecule has 0 bridgehead atoms. The number of nitrogens with one attached hydrogen (secondary N) is 2. The Morgan fingerprint density at radius 1 is 1.32 bits per heavy atom. The van der Waals surface area contributed by atoms with E-state index in [9.17, 15) is 4.79 Å². The Hall–Kier alpha value is -2.87. The van der Waals surface area contributed by atoms with Crippen LogP contribution >= 0.6 is 0 Å². The van der Waals surface area contributed by atoms with E-state index in [1.165, 1.54) is 0 Å². The summed E-state index contributed by atoms with van der Waals surface area (Å²) in [6.45, 7) is 4.42. The molecule has 1 heterocycles. The van der Waals surface area contributed by atoms with Crippen LogP contribution in [0.25, 0.3) is 0 Å². The molecule has 8 nitrogen and oxygen atoms in total. The second kappa shape index (κ2) is 10.8.